The van der Waals surface area contributed by atoms with Crippen LogP contribution in [0.4, 0.5) is 17.1 Å². The van der Waals surface area contributed by atoms with Crippen LogP contribution < -0.4 is 5.73 Å². The van der Waals surface area contributed by atoms with Crippen LogP contribution in [-0.4, -0.2) is 22.2 Å². The molecule has 2 aromatic rings. The number of aromatic carboxylic acids is 2. The second-order valence-corrected chi connectivity index (χ2v) is 4.17. The summed E-state index contributed by atoms with van der Waals surface area (Å²) >= 11 is 0. The van der Waals surface area contributed by atoms with Crippen LogP contribution in [0.2, 0.25) is 0 Å². The summed E-state index contributed by atoms with van der Waals surface area (Å²) in [7, 11) is 0. The van der Waals surface area contributed by atoms with Crippen molar-refractivity contribution in [2.45, 2.75) is 0 Å². The van der Waals surface area contributed by atoms with Gasteiger partial charge in [0.15, 0.2) is 0 Å². The van der Waals surface area contributed by atoms with E-state index in [1.807, 2.05) is 0 Å². The topological polar surface area (TPSA) is 125 Å². The minimum Gasteiger partial charge on any atom is -0.478 e. The van der Waals surface area contributed by atoms with Crippen LogP contribution in [0.15, 0.2) is 52.7 Å². The number of hydrogen-bond donors (Lipinski definition) is 3. The number of rotatable bonds is 4. The summed E-state index contributed by atoms with van der Waals surface area (Å²) in [5.41, 5.74) is 6.38. The number of hydrogen-bond acceptors (Lipinski definition) is 5. The maximum Gasteiger partial charge on any atom is 0.335 e. The van der Waals surface area contributed by atoms with Crippen molar-refractivity contribution < 1.29 is 19.8 Å². The Morgan fingerprint density at radius 1 is 0.857 bits per heavy atom. The van der Waals surface area contributed by atoms with Crippen LogP contribution in [0, 0.1) is 0 Å². The molecule has 0 aliphatic heterocycles. The fourth-order valence-corrected chi connectivity index (χ4v) is 1.62. The van der Waals surface area contributed by atoms with Crippen molar-refractivity contribution in [2.75, 3.05) is 5.73 Å². The molecule has 0 amide bonds. The number of carboxylic acids is 2. The van der Waals surface area contributed by atoms with E-state index < -0.39 is 11.9 Å². The van der Waals surface area contributed by atoms with Crippen LogP contribution in [0.1, 0.15) is 20.7 Å². The Bertz CT molecular complexity index is 708. The van der Waals surface area contributed by atoms with E-state index in [9.17, 15) is 9.59 Å². The Hall–Kier alpha value is -3.22. The molecule has 2 aromatic carbocycles. The van der Waals surface area contributed by atoms with Crippen LogP contribution in [0.5, 0.6) is 0 Å². The molecule has 0 aliphatic carbocycles. The Kier molecular flexibility index (Phi) is 3.94. The highest BCUT2D eigenvalue weighted by atomic mass is 16.4. The monoisotopic (exact) mass is 285 g/mol. The van der Waals surface area contributed by atoms with Crippen molar-refractivity contribution in [3.63, 3.8) is 0 Å². The summed E-state index contributed by atoms with van der Waals surface area (Å²) in [4.78, 5) is 21.9. The lowest BCUT2D eigenvalue weighted by Crippen LogP contribution is -2.01. The number of azo groups is 1. The minimum absolute atomic E-state index is 0.134. The van der Waals surface area contributed by atoms with Gasteiger partial charge in [-0.05, 0) is 36.4 Å². The molecule has 4 N–H and O–H groups in total. The summed E-state index contributed by atoms with van der Waals surface area (Å²) < 4.78 is 0. The third-order valence-corrected chi connectivity index (χ3v) is 2.56. The SMILES string of the molecule is Nc1cccc(/N=N/c2cc(C(=O)O)cc(C(=O)O)c2)c1. The lowest BCUT2D eigenvalue weighted by atomic mass is 10.1. The van der Waals surface area contributed by atoms with Gasteiger partial charge in [0.1, 0.15) is 0 Å². The number of benzene rings is 2. The lowest BCUT2D eigenvalue weighted by molar-refractivity contribution is 0.0696. The quantitative estimate of drug-likeness (QED) is 0.587. The summed E-state index contributed by atoms with van der Waals surface area (Å²) in [5, 5.41) is 25.7. The van der Waals surface area contributed by atoms with Crippen molar-refractivity contribution >= 4 is 29.0 Å². The molecule has 0 fully saturated rings. The van der Waals surface area contributed by atoms with Gasteiger partial charge in [0, 0.05) is 5.69 Å². The maximum atomic E-state index is 11.0. The smallest absolute Gasteiger partial charge is 0.335 e. The van der Waals surface area contributed by atoms with Crippen molar-refractivity contribution in [2.24, 2.45) is 10.2 Å². The molecule has 0 saturated carbocycles. The average Bonchev–Trinajstić information content (AvgIpc) is 2.45. The Morgan fingerprint density at radius 2 is 1.43 bits per heavy atom. The van der Waals surface area contributed by atoms with Crippen molar-refractivity contribution in [3.05, 3.63) is 53.6 Å². The molecule has 0 saturated heterocycles. The number of nitrogens with zero attached hydrogens (tertiary/aromatic N) is 2. The normalized spacial score (nSPS) is 10.7. The largest absolute Gasteiger partial charge is 0.478 e. The fraction of sp³-hybridized carbons (Fsp3) is 0. The highest BCUT2D eigenvalue weighted by Crippen LogP contribution is 2.22. The summed E-state index contributed by atoms with van der Waals surface area (Å²) in [6.07, 6.45) is 0. The molecule has 21 heavy (non-hydrogen) atoms. The number of anilines is 1. The number of nitrogens with two attached hydrogens (primary N) is 1. The fourth-order valence-electron chi connectivity index (χ4n) is 1.62. The second-order valence-electron chi connectivity index (χ2n) is 4.17. The predicted octanol–water partition coefficient (Wildman–Crippen LogP) is 3.08. The first kappa shape index (κ1) is 14.2. The Balaban J connectivity index is 2.39. The van der Waals surface area contributed by atoms with Gasteiger partial charge in [0.2, 0.25) is 0 Å². The number of carbonyl (C=O) groups is 2. The zero-order valence-corrected chi connectivity index (χ0v) is 10.7. The standard InChI is InChI=1S/C14H11N3O4/c15-10-2-1-3-11(7-10)16-17-12-5-8(13(18)19)4-9(6-12)14(20)21/h1-7H,15H2,(H,18,19)(H,20,21)/b17-16+. The van der Waals surface area contributed by atoms with Crippen LogP contribution >= 0.6 is 0 Å². The highest BCUT2D eigenvalue weighted by molar-refractivity contribution is 5.95. The zero-order chi connectivity index (χ0) is 15.4. The molecule has 7 heteroatoms. The first-order valence-corrected chi connectivity index (χ1v) is 5.84. The molecule has 0 spiro atoms. The van der Waals surface area contributed by atoms with E-state index in [0.717, 1.165) is 6.07 Å². The van der Waals surface area contributed by atoms with E-state index in [-0.39, 0.29) is 16.8 Å². The summed E-state index contributed by atoms with van der Waals surface area (Å²) in [6.45, 7) is 0. The Labute approximate surface area is 119 Å². The number of carboxylic acid groups (broad SMARTS) is 2. The van der Waals surface area contributed by atoms with Gasteiger partial charge in [0.25, 0.3) is 0 Å². The van der Waals surface area contributed by atoms with Crippen LogP contribution in [0.25, 0.3) is 0 Å². The van der Waals surface area contributed by atoms with Crippen molar-refractivity contribution in [1.29, 1.82) is 0 Å². The van der Waals surface area contributed by atoms with Gasteiger partial charge in [-0.3, -0.25) is 0 Å². The molecule has 0 aliphatic rings. The molecule has 0 heterocycles. The van der Waals surface area contributed by atoms with Gasteiger partial charge in [-0.15, -0.1) is 0 Å². The molecular weight excluding hydrogens is 274 g/mol. The van der Waals surface area contributed by atoms with Crippen LogP contribution in [0.3, 0.4) is 0 Å². The second kappa shape index (κ2) is 5.83. The van der Waals surface area contributed by atoms with E-state index in [1.165, 1.54) is 12.1 Å². The molecule has 0 atom stereocenters. The van der Waals surface area contributed by atoms with E-state index in [4.69, 9.17) is 15.9 Å². The molecule has 0 bridgehead atoms. The van der Waals surface area contributed by atoms with Gasteiger partial charge >= 0.3 is 11.9 Å². The maximum absolute atomic E-state index is 11.0. The minimum atomic E-state index is -1.24. The van der Waals surface area contributed by atoms with Gasteiger partial charge in [-0.25, -0.2) is 9.59 Å². The zero-order valence-electron chi connectivity index (χ0n) is 10.7. The molecule has 106 valence electrons. The summed E-state index contributed by atoms with van der Waals surface area (Å²) in [5.74, 6) is -2.47. The molecule has 0 radical (unpaired) electrons. The first-order chi connectivity index (χ1) is 9.95. The molecule has 0 unspecified atom stereocenters. The molecule has 0 aromatic heterocycles. The third kappa shape index (κ3) is 3.63. The van der Waals surface area contributed by atoms with E-state index in [0.29, 0.717) is 11.4 Å². The molecule has 2 rings (SSSR count). The number of nitrogen functional groups attached to an aromatic ring is 1. The highest BCUT2D eigenvalue weighted by Gasteiger charge is 2.11. The van der Waals surface area contributed by atoms with E-state index >= 15 is 0 Å². The average molecular weight is 285 g/mol. The van der Waals surface area contributed by atoms with Gasteiger partial charge in [-0.1, -0.05) is 6.07 Å². The molecule has 7 nitrogen and oxygen atoms in total. The van der Waals surface area contributed by atoms with Crippen molar-refractivity contribution in [1.82, 2.24) is 0 Å². The third-order valence-electron chi connectivity index (χ3n) is 2.56. The Morgan fingerprint density at radius 3 is 1.95 bits per heavy atom. The molecular formula is C14H11N3O4. The predicted molar refractivity (Wildman–Crippen MR) is 75.4 cm³/mol. The van der Waals surface area contributed by atoms with E-state index in [2.05, 4.69) is 10.2 Å². The van der Waals surface area contributed by atoms with Crippen molar-refractivity contribution in [3.8, 4) is 0 Å². The van der Waals surface area contributed by atoms with E-state index in [1.54, 1.807) is 24.3 Å². The lowest BCUT2D eigenvalue weighted by Gasteiger charge is -2.00. The first-order valence-electron chi connectivity index (χ1n) is 5.84. The van der Waals surface area contributed by atoms with Gasteiger partial charge in [-0.2, -0.15) is 10.2 Å². The van der Waals surface area contributed by atoms with Crippen LogP contribution in [-0.2, 0) is 0 Å². The van der Waals surface area contributed by atoms with Gasteiger partial charge in [0.05, 0.1) is 22.5 Å². The summed E-state index contributed by atoms with van der Waals surface area (Å²) in [6, 6.07) is 10.2. The van der Waals surface area contributed by atoms with Gasteiger partial charge < -0.3 is 15.9 Å².